The molecule has 0 aromatic heterocycles. The summed E-state index contributed by atoms with van der Waals surface area (Å²) in [6.45, 7) is 1.27. The molecule has 0 fully saturated rings. The molecule has 2 nitrogen and oxygen atoms in total. The summed E-state index contributed by atoms with van der Waals surface area (Å²) in [5, 5.41) is 3.22. The summed E-state index contributed by atoms with van der Waals surface area (Å²) in [6.07, 6.45) is 6.04. The van der Waals surface area contributed by atoms with Crippen LogP contribution in [0.15, 0.2) is 35.0 Å². The lowest BCUT2D eigenvalue weighted by atomic mass is 10.1. The van der Waals surface area contributed by atoms with E-state index in [-0.39, 0.29) is 11.9 Å². The monoisotopic (exact) mass is 299 g/mol. The van der Waals surface area contributed by atoms with Crippen molar-refractivity contribution in [2.24, 2.45) is 0 Å². The summed E-state index contributed by atoms with van der Waals surface area (Å²) in [4.78, 5) is 0. The average Bonchev–Trinajstić information content (AvgIpc) is 2.35. The Morgan fingerprint density at radius 1 is 1.47 bits per heavy atom. The van der Waals surface area contributed by atoms with Gasteiger partial charge in [-0.15, -0.1) is 0 Å². The minimum Gasteiger partial charge on any atom is -0.497 e. The van der Waals surface area contributed by atoms with Crippen LogP contribution in [0.5, 0.6) is 0 Å². The molecule has 92 valence electrons. The van der Waals surface area contributed by atoms with Gasteiger partial charge in [0.15, 0.2) is 0 Å². The maximum atomic E-state index is 13.4. The molecule has 2 rings (SSSR count). The fraction of sp³-hybridized carbons (Fsp3) is 0.385. The van der Waals surface area contributed by atoms with Crippen LogP contribution in [0.3, 0.4) is 0 Å². The number of ether oxygens (including phenoxy) is 1. The van der Waals surface area contributed by atoms with Gasteiger partial charge in [0, 0.05) is 23.1 Å². The fourth-order valence-electron chi connectivity index (χ4n) is 1.78. The van der Waals surface area contributed by atoms with Crippen LogP contribution >= 0.6 is 15.9 Å². The first-order valence-electron chi connectivity index (χ1n) is 5.71. The topological polar surface area (TPSA) is 21.3 Å². The highest BCUT2D eigenvalue weighted by Gasteiger charge is 2.10. The van der Waals surface area contributed by atoms with Crippen molar-refractivity contribution in [1.82, 2.24) is 5.32 Å². The third-order valence-corrected chi connectivity index (χ3v) is 3.21. The van der Waals surface area contributed by atoms with E-state index in [1.165, 1.54) is 6.07 Å². The molecular formula is C13H15BrFNO. The molecule has 1 unspecified atom stereocenters. The van der Waals surface area contributed by atoms with Crippen molar-refractivity contribution in [2.45, 2.75) is 25.5 Å². The zero-order chi connectivity index (χ0) is 12.1. The van der Waals surface area contributed by atoms with Gasteiger partial charge in [-0.2, -0.15) is 0 Å². The molecule has 1 aromatic carbocycles. The van der Waals surface area contributed by atoms with Crippen molar-refractivity contribution in [3.63, 3.8) is 0 Å². The Balaban J connectivity index is 1.81. The zero-order valence-corrected chi connectivity index (χ0v) is 11.0. The van der Waals surface area contributed by atoms with Crippen LogP contribution in [-0.2, 0) is 11.3 Å². The van der Waals surface area contributed by atoms with Gasteiger partial charge in [-0.05, 0) is 37.1 Å². The molecule has 0 amide bonds. The van der Waals surface area contributed by atoms with E-state index in [1.807, 2.05) is 6.08 Å². The standard InChI is InChI=1S/C13H15BrFNO/c14-11-4-5-13(15)10(7-11)8-16-9-12-3-1-2-6-17-12/h2,4-7,12,16H,1,3,8-9H2. The van der Waals surface area contributed by atoms with Crippen molar-refractivity contribution in [2.75, 3.05) is 6.54 Å². The summed E-state index contributed by atoms with van der Waals surface area (Å²) in [7, 11) is 0. The van der Waals surface area contributed by atoms with E-state index in [0.717, 1.165) is 23.9 Å². The van der Waals surface area contributed by atoms with Crippen LogP contribution in [-0.4, -0.2) is 12.6 Å². The van der Waals surface area contributed by atoms with Crippen LogP contribution in [0.4, 0.5) is 4.39 Å². The van der Waals surface area contributed by atoms with E-state index in [0.29, 0.717) is 12.1 Å². The highest BCUT2D eigenvalue weighted by Crippen LogP contribution is 2.15. The predicted molar refractivity (Wildman–Crippen MR) is 69.1 cm³/mol. The average molecular weight is 300 g/mol. The largest absolute Gasteiger partial charge is 0.497 e. The Kier molecular flexibility index (Phi) is 4.57. The molecule has 0 saturated heterocycles. The van der Waals surface area contributed by atoms with Crippen molar-refractivity contribution in [1.29, 1.82) is 0 Å². The Morgan fingerprint density at radius 3 is 3.12 bits per heavy atom. The van der Waals surface area contributed by atoms with Gasteiger partial charge in [0.1, 0.15) is 11.9 Å². The van der Waals surface area contributed by atoms with Crippen LogP contribution in [0.25, 0.3) is 0 Å². The minimum absolute atomic E-state index is 0.176. The van der Waals surface area contributed by atoms with Gasteiger partial charge in [-0.25, -0.2) is 4.39 Å². The van der Waals surface area contributed by atoms with Gasteiger partial charge in [0.2, 0.25) is 0 Å². The molecule has 0 radical (unpaired) electrons. The molecule has 1 atom stereocenters. The predicted octanol–water partition coefficient (Wildman–Crippen LogP) is 3.37. The lowest BCUT2D eigenvalue weighted by molar-refractivity contribution is 0.122. The number of allylic oxidation sites excluding steroid dienone is 1. The van der Waals surface area contributed by atoms with Gasteiger partial charge in [-0.3, -0.25) is 0 Å². The van der Waals surface area contributed by atoms with Gasteiger partial charge in [0.25, 0.3) is 0 Å². The van der Waals surface area contributed by atoms with Gasteiger partial charge in [0.05, 0.1) is 6.26 Å². The lowest BCUT2D eigenvalue weighted by Crippen LogP contribution is -2.29. The highest BCUT2D eigenvalue weighted by molar-refractivity contribution is 9.10. The Morgan fingerprint density at radius 2 is 2.35 bits per heavy atom. The van der Waals surface area contributed by atoms with E-state index in [9.17, 15) is 4.39 Å². The summed E-state index contributed by atoms with van der Waals surface area (Å²) in [6, 6.07) is 4.97. The molecule has 4 heteroatoms. The maximum absolute atomic E-state index is 13.4. The number of halogens is 2. The first-order valence-corrected chi connectivity index (χ1v) is 6.50. The maximum Gasteiger partial charge on any atom is 0.127 e. The second-order valence-electron chi connectivity index (χ2n) is 4.07. The molecule has 0 aliphatic carbocycles. The van der Waals surface area contributed by atoms with Gasteiger partial charge >= 0.3 is 0 Å². The first-order chi connectivity index (χ1) is 8.25. The zero-order valence-electron chi connectivity index (χ0n) is 9.46. The number of benzene rings is 1. The van der Waals surface area contributed by atoms with Crippen LogP contribution < -0.4 is 5.32 Å². The summed E-state index contributed by atoms with van der Waals surface area (Å²) in [5.41, 5.74) is 0.672. The van der Waals surface area contributed by atoms with Crippen molar-refractivity contribution in [3.8, 4) is 0 Å². The fourth-order valence-corrected chi connectivity index (χ4v) is 2.19. The van der Waals surface area contributed by atoms with Crippen LogP contribution in [0.2, 0.25) is 0 Å². The Labute approximate surface area is 109 Å². The molecule has 0 saturated carbocycles. The number of nitrogens with one attached hydrogen (secondary N) is 1. The van der Waals surface area contributed by atoms with Crippen molar-refractivity contribution in [3.05, 3.63) is 46.4 Å². The van der Waals surface area contributed by atoms with Gasteiger partial charge in [-0.1, -0.05) is 15.9 Å². The van der Waals surface area contributed by atoms with Crippen molar-refractivity contribution >= 4 is 15.9 Å². The second-order valence-corrected chi connectivity index (χ2v) is 4.99. The van der Waals surface area contributed by atoms with E-state index >= 15 is 0 Å². The lowest BCUT2D eigenvalue weighted by Gasteiger charge is -2.19. The number of hydrogen-bond donors (Lipinski definition) is 1. The molecule has 1 heterocycles. The minimum atomic E-state index is -0.176. The number of rotatable bonds is 4. The first kappa shape index (κ1) is 12.6. The van der Waals surface area contributed by atoms with E-state index in [1.54, 1.807) is 18.4 Å². The van der Waals surface area contributed by atoms with E-state index in [4.69, 9.17) is 4.74 Å². The third kappa shape index (κ3) is 3.82. The quantitative estimate of drug-likeness (QED) is 0.920. The van der Waals surface area contributed by atoms with Gasteiger partial charge < -0.3 is 10.1 Å². The summed E-state index contributed by atoms with van der Waals surface area (Å²) < 4.78 is 19.8. The molecule has 0 spiro atoms. The van der Waals surface area contributed by atoms with Crippen molar-refractivity contribution < 1.29 is 9.13 Å². The SMILES string of the molecule is Fc1ccc(Br)cc1CNCC1CCC=CO1. The van der Waals surface area contributed by atoms with E-state index < -0.39 is 0 Å². The summed E-state index contributed by atoms with van der Waals surface area (Å²) >= 11 is 3.34. The molecule has 0 bridgehead atoms. The van der Waals surface area contributed by atoms with Crippen LogP contribution in [0, 0.1) is 5.82 Å². The molecule has 1 aliphatic heterocycles. The molecular weight excluding hydrogens is 285 g/mol. The second kappa shape index (κ2) is 6.17. The molecule has 1 aliphatic rings. The Hall–Kier alpha value is -0.870. The summed E-state index contributed by atoms with van der Waals surface area (Å²) in [5.74, 6) is -0.176. The third-order valence-electron chi connectivity index (χ3n) is 2.72. The molecule has 17 heavy (non-hydrogen) atoms. The van der Waals surface area contributed by atoms with Crippen LogP contribution in [0.1, 0.15) is 18.4 Å². The Bertz CT molecular complexity index is 408. The van der Waals surface area contributed by atoms with E-state index in [2.05, 4.69) is 21.2 Å². The number of hydrogen-bond acceptors (Lipinski definition) is 2. The molecule has 1 N–H and O–H groups in total. The highest BCUT2D eigenvalue weighted by atomic mass is 79.9. The molecule has 1 aromatic rings. The smallest absolute Gasteiger partial charge is 0.127 e. The normalized spacial score (nSPS) is 19.1.